The van der Waals surface area contributed by atoms with E-state index in [1.807, 2.05) is 29.8 Å². The fourth-order valence-corrected chi connectivity index (χ4v) is 2.90. The van der Waals surface area contributed by atoms with Gasteiger partial charge in [-0.2, -0.15) is 0 Å². The number of aldehydes is 1. The summed E-state index contributed by atoms with van der Waals surface area (Å²) in [5, 5.41) is 9.34. The maximum Gasteiger partial charge on any atom is 0.190 e. The first-order chi connectivity index (χ1) is 10.6. The van der Waals surface area contributed by atoms with Gasteiger partial charge in [0, 0.05) is 18.7 Å². The zero-order chi connectivity index (χ0) is 15.9. The SMILES string of the molecule is CC(C)c1nnc(SCCCOc2ccccc2C=O)n1C. The molecular formula is C16H21N3O2S. The minimum Gasteiger partial charge on any atom is -0.493 e. The number of thioether (sulfide) groups is 1. The van der Waals surface area contributed by atoms with E-state index >= 15 is 0 Å². The van der Waals surface area contributed by atoms with E-state index in [0.717, 1.165) is 29.4 Å². The third kappa shape index (κ3) is 4.10. The van der Waals surface area contributed by atoms with Gasteiger partial charge in [0.05, 0.1) is 12.2 Å². The fraction of sp³-hybridized carbons (Fsp3) is 0.438. The van der Waals surface area contributed by atoms with Crippen LogP contribution in [0.1, 0.15) is 42.4 Å². The van der Waals surface area contributed by atoms with Crippen LogP contribution in [0.4, 0.5) is 0 Å². The largest absolute Gasteiger partial charge is 0.493 e. The van der Waals surface area contributed by atoms with Gasteiger partial charge in [-0.05, 0) is 18.6 Å². The van der Waals surface area contributed by atoms with Crippen molar-refractivity contribution in [2.45, 2.75) is 31.3 Å². The van der Waals surface area contributed by atoms with Gasteiger partial charge in [-0.25, -0.2) is 0 Å². The topological polar surface area (TPSA) is 57.0 Å². The molecule has 0 unspecified atom stereocenters. The average Bonchev–Trinajstić information content (AvgIpc) is 2.88. The minimum absolute atomic E-state index is 0.370. The van der Waals surface area contributed by atoms with Gasteiger partial charge in [-0.3, -0.25) is 4.79 Å². The van der Waals surface area contributed by atoms with Crippen LogP contribution in [-0.2, 0) is 7.05 Å². The number of hydrogen-bond donors (Lipinski definition) is 0. The second kappa shape index (κ2) is 7.98. The molecule has 0 N–H and O–H groups in total. The standard InChI is InChI=1S/C16H21N3O2S/c1-12(2)15-17-18-16(19(15)3)22-10-6-9-21-14-8-5-4-7-13(14)11-20/h4-5,7-8,11-12H,6,9-10H2,1-3H3. The minimum atomic E-state index is 0.370. The molecule has 0 saturated carbocycles. The maximum atomic E-state index is 10.9. The molecule has 0 spiro atoms. The van der Waals surface area contributed by atoms with Crippen molar-refractivity contribution < 1.29 is 9.53 Å². The normalized spacial score (nSPS) is 10.9. The number of ether oxygens (including phenoxy) is 1. The number of nitrogens with zero attached hydrogens (tertiary/aromatic N) is 3. The molecule has 2 aromatic rings. The van der Waals surface area contributed by atoms with Crippen LogP contribution in [0.5, 0.6) is 5.75 Å². The summed E-state index contributed by atoms with van der Waals surface area (Å²) in [6.07, 6.45) is 1.69. The third-order valence-electron chi connectivity index (χ3n) is 3.21. The lowest BCUT2D eigenvalue weighted by atomic mass is 10.2. The zero-order valence-corrected chi connectivity index (χ0v) is 14.0. The van der Waals surface area contributed by atoms with Crippen molar-refractivity contribution in [2.75, 3.05) is 12.4 Å². The highest BCUT2D eigenvalue weighted by Crippen LogP contribution is 2.21. The number of rotatable bonds is 8. The molecule has 1 aromatic heterocycles. The van der Waals surface area contributed by atoms with E-state index in [2.05, 4.69) is 24.0 Å². The Morgan fingerprint density at radius 2 is 2.09 bits per heavy atom. The maximum absolute atomic E-state index is 10.9. The van der Waals surface area contributed by atoms with Gasteiger partial charge in [-0.15, -0.1) is 10.2 Å². The summed E-state index contributed by atoms with van der Waals surface area (Å²) in [5.74, 6) is 2.91. The summed E-state index contributed by atoms with van der Waals surface area (Å²) in [7, 11) is 1.99. The van der Waals surface area contributed by atoms with Crippen LogP contribution >= 0.6 is 11.8 Å². The van der Waals surface area contributed by atoms with Crippen LogP contribution in [0.25, 0.3) is 0 Å². The van der Waals surface area contributed by atoms with Gasteiger partial charge in [0.2, 0.25) is 0 Å². The van der Waals surface area contributed by atoms with Crippen LogP contribution in [0.15, 0.2) is 29.4 Å². The van der Waals surface area contributed by atoms with Gasteiger partial charge in [-0.1, -0.05) is 37.7 Å². The first-order valence-electron chi connectivity index (χ1n) is 7.32. The molecule has 1 aromatic carbocycles. The molecule has 22 heavy (non-hydrogen) atoms. The number of carbonyl (C=O) groups is 1. The Morgan fingerprint density at radius 1 is 1.32 bits per heavy atom. The van der Waals surface area contributed by atoms with Crippen LogP contribution in [-0.4, -0.2) is 33.4 Å². The Morgan fingerprint density at radius 3 is 2.77 bits per heavy atom. The molecule has 0 saturated heterocycles. The van der Waals surface area contributed by atoms with E-state index in [1.165, 1.54) is 0 Å². The molecule has 0 aliphatic rings. The summed E-state index contributed by atoms with van der Waals surface area (Å²) in [4.78, 5) is 10.9. The predicted molar refractivity (Wildman–Crippen MR) is 87.8 cm³/mol. The van der Waals surface area contributed by atoms with Crippen molar-refractivity contribution in [1.29, 1.82) is 0 Å². The van der Waals surface area contributed by atoms with Crippen LogP contribution in [0.2, 0.25) is 0 Å². The Hall–Kier alpha value is -1.82. The molecule has 6 heteroatoms. The van der Waals surface area contributed by atoms with Crippen molar-refractivity contribution >= 4 is 18.0 Å². The van der Waals surface area contributed by atoms with Crippen molar-refractivity contribution in [3.63, 3.8) is 0 Å². The molecule has 0 fully saturated rings. The van der Waals surface area contributed by atoms with Crippen molar-refractivity contribution in [3.05, 3.63) is 35.7 Å². The third-order valence-corrected chi connectivity index (χ3v) is 4.31. The molecule has 0 aliphatic heterocycles. The summed E-state index contributed by atoms with van der Waals surface area (Å²) in [6.45, 7) is 4.79. The molecular weight excluding hydrogens is 298 g/mol. The van der Waals surface area contributed by atoms with Crippen LogP contribution < -0.4 is 4.74 Å². The van der Waals surface area contributed by atoms with Gasteiger partial charge in [0.15, 0.2) is 11.4 Å². The highest BCUT2D eigenvalue weighted by Gasteiger charge is 2.11. The molecule has 0 radical (unpaired) electrons. The van der Waals surface area contributed by atoms with E-state index in [-0.39, 0.29) is 0 Å². The molecule has 2 rings (SSSR count). The lowest BCUT2D eigenvalue weighted by Gasteiger charge is -2.08. The first-order valence-corrected chi connectivity index (χ1v) is 8.31. The second-order valence-corrected chi connectivity index (χ2v) is 6.32. The number of para-hydroxylation sites is 1. The number of hydrogen-bond acceptors (Lipinski definition) is 5. The fourth-order valence-electron chi connectivity index (χ4n) is 2.07. The molecule has 118 valence electrons. The molecule has 1 heterocycles. The van der Waals surface area contributed by atoms with E-state index in [4.69, 9.17) is 4.74 Å². The Balaban J connectivity index is 1.77. The highest BCUT2D eigenvalue weighted by molar-refractivity contribution is 7.99. The predicted octanol–water partition coefficient (Wildman–Crippen LogP) is 3.31. The summed E-state index contributed by atoms with van der Waals surface area (Å²) >= 11 is 1.67. The number of carbonyl (C=O) groups excluding carboxylic acids is 1. The number of aromatic nitrogens is 3. The summed E-state index contributed by atoms with van der Waals surface area (Å²) in [6, 6.07) is 7.26. The molecule has 0 atom stereocenters. The smallest absolute Gasteiger partial charge is 0.190 e. The van der Waals surface area contributed by atoms with Crippen molar-refractivity contribution in [3.8, 4) is 5.75 Å². The van der Waals surface area contributed by atoms with Gasteiger partial charge in [0.25, 0.3) is 0 Å². The Kier molecular flexibility index (Phi) is 6.00. The van der Waals surface area contributed by atoms with E-state index in [9.17, 15) is 4.79 Å². The average molecular weight is 319 g/mol. The monoisotopic (exact) mass is 319 g/mol. The van der Waals surface area contributed by atoms with E-state index < -0.39 is 0 Å². The van der Waals surface area contributed by atoms with Gasteiger partial charge >= 0.3 is 0 Å². The molecule has 0 bridgehead atoms. The zero-order valence-electron chi connectivity index (χ0n) is 13.2. The van der Waals surface area contributed by atoms with Gasteiger partial charge < -0.3 is 9.30 Å². The highest BCUT2D eigenvalue weighted by atomic mass is 32.2. The van der Waals surface area contributed by atoms with Gasteiger partial charge in [0.1, 0.15) is 11.6 Å². The molecule has 5 nitrogen and oxygen atoms in total. The molecule has 0 amide bonds. The lowest BCUT2D eigenvalue weighted by Crippen LogP contribution is -2.03. The Labute approximate surface area is 135 Å². The number of benzene rings is 1. The summed E-state index contributed by atoms with van der Waals surface area (Å²) < 4.78 is 7.69. The lowest BCUT2D eigenvalue weighted by molar-refractivity contribution is 0.111. The first kappa shape index (κ1) is 16.5. The summed E-state index contributed by atoms with van der Waals surface area (Å²) in [5.41, 5.74) is 0.588. The van der Waals surface area contributed by atoms with Crippen LogP contribution in [0.3, 0.4) is 0 Å². The molecule has 0 aliphatic carbocycles. The van der Waals surface area contributed by atoms with Crippen molar-refractivity contribution in [1.82, 2.24) is 14.8 Å². The van der Waals surface area contributed by atoms with Crippen LogP contribution in [0, 0.1) is 0 Å². The van der Waals surface area contributed by atoms with Crippen molar-refractivity contribution in [2.24, 2.45) is 7.05 Å². The Bertz CT molecular complexity index is 626. The quantitative estimate of drug-likeness (QED) is 0.424. The second-order valence-electron chi connectivity index (χ2n) is 5.26. The van der Waals surface area contributed by atoms with E-state index in [0.29, 0.717) is 23.8 Å². The van der Waals surface area contributed by atoms with E-state index in [1.54, 1.807) is 17.8 Å².